The van der Waals surface area contributed by atoms with E-state index in [-0.39, 0.29) is 16.9 Å². The first kappa shape index (κ1) is 16.6. The minimum atomic E-state index is -0.432. The molecule has 0 radical (unpaired) electrons. The van der Waals surface area contributed by atoms with E-state index >= 15 is 0 Å². The van der Waals surface area contributed by atoms with Gasteiger partial charge in [-0.05, 0) is 24.8 Å². The number of hydrogen-bond donors (Lipinski definition) is 2. The lowest BCUT2D eigenvalue weighted by atomic mass is 9.97. The average Bonchev–Trinajstić information content (AvgIpc) is 2.44. The van der Waals surface area contributed by atoms with Crippen LogP contribution in [0.25, 0.3) is 0 Å². The third kappa shape index (κ3) is 5.29. The van der Waals surface area contributed by atoms with Crippen LogP contribution in [0.3, 0.4) is 0 Å². The van der Waals surface area contributed by atoms with Crippen molar-refractivity contribution in [1.82, 2.24) is 5.32 Å². The molecule has 0 spiro atoms. The molecule has 0 heterocycles. The van der Waals surface area contributed by atoms with E-state index < -0.39 is 5.92 Å². The molecule has 1 amide bonds. The summed E-state index contributed by atoms with van der Waals surface area (Å²) in [5, 5.41) is 3.06. The molecule has 0 aromatic heterocycles. The molecule has 0 saturated carbocycles. The van der Waals surface area contributed by atoms with Gasteiger partial charge in [0.05, 0.1) is 10.9 Å². The second-order valence-electron chi connectivity index (χ2n) is 5.05. The van der Waals surface area contributed by atoms with Crippen LogP contribution in [0.5, 0.6) is 0 Å². The van der Waals surface area contributed by atoms with Gasteiger partial charge in [0, 0.05) is 6.04 Å². The number of nitrogens with two attached hydrogens (primary N) is 1. The Morgan fingerprint density at radius 3 is 2.45 bits per heavy atom. The maximum absolute atomic E-state index is 12.4. The normalized spacial score (nSPS) is 13.5. The molecule has 0 aliphatic heterocycles. The zero-order chi connectivity index (χ0) is 15.0. The van der Waals surface area contributed by atoms with E-state index in [0.29, 0.717) is 6.42 Å². The van der Waals surface area contributed by atoms with Gasteiger partial charge in [0.1, 0.15) is 0 Å². The molecule has 0 aliphatic rings. The number of amides is 1. The van der Waals surface area contributed by atoms with Gasteiger partial charge in [0.15, 0.2) is 0 Å². The van der Waals surface area contributed by atoms with Gasteiger partial charge in [-0.2, -0.15) is 0 Å². The molecule has 4 heteroatoms. The summed E-state index contributed by atoms with van der Waals surface area (Å²) in [6, 6.07) is 10.0. The predicted molar refractivity (Wildman–Crippen MR) is 87.6 cm³/mol. The summed E-state index contributed by atoms with van der Waals surface area (Å²) >= 11 is 5.06. The van der Waals surface area contributed by atoms with Crippen LogP contribution in [0.1, 0.15) is 38.7 Å². The lowest BCUT2D eigenvalue weighted by Gasteiger charge is -2.21. The fraction of sp³-hybridized carbons (Fsp3) is 0.500. The minimum Gasteiger partial charge on any atom is -0.393 e. The molecule has 2 unspecified atom stereocenters. The summed E-state index contributed by atoms with van der Waals surface area (Å²) in [5.41, 5.74) is 6.82. The SMILES string of the molecule is CCCC(CC)NC(=O)C(Cc1ccccc1)C(N)=S. The molecule has 1 aromatic rings. The van der Waals surface area contributed by atoms with Crippen molar-refractivity contribution >= 4 is 23.1 Å². The van der Waals surface area contributed by atoms with Gasteiger partial charge in [0.25, 0.3) is 0 Å². The van der Waals surface area contributed by atoms with Gasteiger partial charge in [-0.25, -0.2) is 0 Å². The monoisotopic (exact) mass is 292 g/mol. The maximum atomic E-state index is 12.4. The van der Waals surface area contributed by atoms with E-state index in [1.807, 2.05) is 30.3 Å². The Hall–Kier alpha value is -1.42. The summed E-state index contributed by atoms with van der Waals surface area (Å²) in [5.74, 6) is -0.486. The molecule has 1 rings (SSSR count). The van der Waals surface area contributed by atoms with Gasteiger partial charge in [-0.1, -0.05) is 62.8 Å². The number of rotatable bonds is 8. The Morgan fingerprint density at radius 1 is 1.30 bits per heavy atom. The number of benzene rings is 1. The van der Waals surface area contributed by atoms with Crippen molar-refractivity contribution in [3.8, 4) is 0 Å². The van der Waals surface area contributed by atoms with E-state index in [2.05, 4.69) is 19.2 Å². The van der Waals surface area contributed by atoms with E-state index in [9.17, 15) is 4.79 Å². The molecule has 20 heavy (non-hydrogen) atoms. The zero-order valence-electron chi connectivity index (χ0n) is 12.3. The molecule has 0 bridgehead atoms. The first-order chi connectivity index (χ1) is 9.58. The molecule has 0 aliphatic carbocycles. The molecule has 0 saturated heterocycles. The Morgan fingerprint density at radius 2 is 1.95 bits per heavy atom. The summed E-state index contributed by atoms with van der Waals surface area (Å²) in [6.45, 7) is 4.19. The van der Waals surface area contributed by atoms with E-state index in [1.165, 1.54) is 0 Å². The van der Waals surface area contributed by atoms with Gasteiger partial charge in [-0.15, -0.1) is 0 Å². The molecular weight excluding hydrogens is 268 g/mol. The highest BCUT2D eigenvalue weighted by molar-refractivity contribution is 7.80. The summed E-state index contributed by atoms with van der Waals surface area (Å²) in [4.78, 5) is 12.6. The summed E-state index contributed by atoms with van der Waals surface area (Å²) in [7, 11) is 0. The van der Waals surface area contributed by atoms with E-state index in [4.69, 9.17) is 18.0 Å². The first-order valence-electron chi connectivity index (χ1n) is 7.22. The number of carbonyl (C=O) groups is 1. The molecular formula is C16H24N2OS. The highest BCUT2D eigenvalue weighted by atomic mass is 32.1. The highest BCUT2D eigenvalue weighted by Crippen LogP contribution is 2.11. The van der Waals surface area contributed by atoms with Crippen molar-refractivity contribution in [1.29, 1.82) is 0 Å². The standard InChI is InChI=1S/C16H24N2OS/c1-3-8-13(4-2)18-16(19)14(15(17)20)11-12-9-6-5-7-10-12/h5-7,9-10,13-14H,3-4,8,11H2,1-2H3,(H2,17,20)(H,18,19). The van der Waals surface area contributed by atoms with Gasteiger partial charge >= 0.3 is 0 Å². The Labute approximate surface area is 126 Å². The van der Waals surface area contributed by atoms with Crippen LogP contribution in [0.15, 0.2) is 30.3 Å². The summed E-state index contributed by atoms with van der Waals surface area (Å²) < 4.78 is 0. The number of hydrogen-bond acceptors (Lipinski definition) is 2. The van der Waals surface area contributed by atoms with Crippen molar-refractivity contribution in [2.75, 3.05) is 0 Å². The second kappa shape index (κ2) is 8.69. The van der Waals surface area contributed by atoms with Crippen LogP contribution in [-0.4, -0.2) is 16.9 Å². The van der Waals surface area contributed by atoms with Crippen molar-refractivity contribution < 1.29 is 4.79 Å². The van der Waals surface area contributed by atoms with Crippen LogP contribution >= 0.6 is 12.2 Å². The largest absolute Gasteiger partial charge is 0.393 e. The van der Waals surface area contributed by atoms with Crippen LogP contribution in [0.4, 0.5) is 0 Å². The Bertz CT molecular complexity index is 433. The zero-order valence-corrected chi connectivity index (χ0v) is 13.1. The van der Waals surface area contributed by atoms with Crippen molar-refractivity contribution in [3.63, 3.8) is 0 Å². The Kier molecular flexibility index (Phi) is 7.23. The molecule has 1 aromatic carbocycles. The number of nitrogens with one attached hydrogen (secondary N) is 1. The highest BCUT2D eigenvalue weighted by Gasteiger charge is 2.23. The average molecular weight is 292 g/mol. The third-order valence-corrected chi connectivity index (χ3v) is 3.70. The quantitative estimate of drug-likeness (QED) is 0.724. The second-order valence-corrected chi connectivity index (χ2v) is 5.52. The smallest absolute Gasteiger partial charge is 0.230 e. The fourth-order valence-electron chi connectivity index (χ4n) is 2.20. The van der Waals surface area contributed by atoms with Gasteiger partial charge < -0.3 is 11.1 Å². The molecule has 0 fully saturated rings. The fourth-order valence-corrected chi connectivity index (χ4v) is 2.39. The lowest BCUT2D eigenvalue weighted by Crippen LogP contribution is -2.43. The molecule has 2 atom stereocenters. The maximum Gasteiger partial charge on any atom is 0.230 e. The first-order valence-corrected chi connectivity index (χ1v) is 7.62. The third-order valence-electron chi connectivity index (χ3n) is 3.42. The number of carbonyl (C=O) groups excluding carboxylic acids is 1. The van der Waals surface area contributed by atoms with E-state index in [1.54, 1.807) is 0 Å². The minimum absolute atomic E-state index is 0.0540. The topological polar surface area (TPSA) is 55.1 Å². The molecule has 3 nitrogen and oxygen atoms in total. The van der Waals surface area contributed by atoms with Crippen LogP contribution in [-0.2, 0) is 11.2 Å². The van der Waals surface area contributed by atoms with Gasteiger partial charge in [-0.3, -0.25) is 4.79 Å². The van der Waals surface area contributed by atoms with Crippen LogP contribution in [0, 0.1) is 5.92 Å². The molecule has 3 N–H and O–H groups in total. The van der Waals surface area contributed by atoms with Crippen molar-refractivity contribution in [3.05, 3.63) is 35.9 Å². The van der Waals surface area contributed by atoms with E-state index in [0.717, 1.165) is 24.8 Å². The Balaban J connectivity index is 2.70. The van der Waals surface area contributed by atoms with Crippen molar-refractivity contribution in [2.45, 2.75) is 45.6 Å². The lowest BCUT2D eigenvalue weighted by molar-refractivity contribution is -0.123. The summed E-state index contributed by atoms with van der Waals surface area (Å²) in [6.07, 6.45) is 3.52. The van der Waals surface area contributed by atoms with Gasteiger partial charge in [0.2, 0.25) is 5.91 Å². The van der Waals surface area contributed by atoms with Crippen molar-refractivity contribution in [2.24, 2.45) is 11.7 Å². The van der Waals surface area contributed by atoms with Crippen LogP contribution < -0.4 is 11.1 Å². The van der Waals surface area contributed by atoms with Crippen LogP contribution in [0.2, 0.25) is 0 Å². The molecule has 110 valence electrons. The number of thiocarbonyl (C=S) groups is 1. The predicted octanol–water partition coefficient (Wildman–Crippen LogP) is 2.83.